The van der Waals surface area contributed by atoms with Crippen molar-refractivity contribution in [1.29, 1.82) is 0 Å². The zero-order valence-corrected chi connectivity index (χ0v) is 12.4. The maximum Gasteiger partial charge on any atom is 0.251 e. The number of amides is 1. The molecule has 2 unspecified atom stereocenters. The summed E-state index contributed by atoms with van der Waals surface area (Å²) >= 11 is 9.25. The molecule has 1 saturated heterocycles. The van der Waals surface area contributed by atoms with E-state index in [1.807, 2.05) is 6.92 Å². The molecular weight excluding hydrogens is 318 g/mol. The Hall–Kier alpha value is -0.580. The van der Waals surface area contributed by atoms with E-state index in [0.29, 0.717) is 10.6 Å². The lowest BCUT2D eigenvalue weighted by Crippen LogP contribution is -2.40. The molecule has 1 N–H and O–H groups in total. The van der Waals surface area contributed by atoms with Crippen molar-refractivity contribution >= 4 is 33.4 Å². The molecule has 0 spiro atoms. The first-order valence-corrected chi connectivity index (χ1v) is 7.12. The summed E-state index contributed by atoms with van der Waals surface area (Å²) in [6, 6.07) is 5.17. The molecular formula is C13H15BrClNO2. The van der Waals surface area contributed by atoms with Gasteiger partial charge in [0.05, 0.1) is 12.1 Å². The van der Waals surface area contributed by atoms with Crippen LogP contribution in [0.5, 0.6) is 0 Å². The van der Waals surface area contributed by atoms with Gasteiger partial charge >= 0.3 is 0 Å². The highest BCUT2D eigenvalue weighted by Crippen LogP contribution is 2.20. The van der Waals surface area contributed by atoms with Crippen LogP contribution in [0.1, 0.15) is 30.1 Å². The van der Waals surface area contributed by atoms with E-state index in [9.17, 15) is 4.79 Å². The highest BCUT2D eigenvalue weighted by Gasteiger charge is 2.24. The van der Waals surface area contributed by atoms with Gasteiger partial charge in [-0.15, -0.1) is 0 Å². The van der Waals surface area contributed by atoms with Crippen LogP contribution in [0.3, 0.4) is 0 Å². The van der Waals surface area contributed by atoms with E-state index in [0.717, 1.165) is 23.9 Å². The summed E-state index contributed by atoms with van der Waals surface area (Å²) < 4.78 is 6.35. The van der Waals surface area contributed by atoms with Crippen molar-refractivity contribution in [2.75, 3.05) is 6.61 Å². The van der Waals surface area contributed by atoms with Crippen molar-refractivity contribution in [3.63, 3.8) is 0 Å². The van der Waals surface area contributed by atoms with Crippen LogP contribution in [0, 0.1) is 0 Å². The second-order valence-corrected chi connectivity index (χ2v) is 5.82. The van der Waals surface area contributed by atoms with Gasteiger partial charge in [0, 0.05) is 21.7 Å². The quantitative estimate of drug-likeness (QED) is 0.921. The van der Waals surface area contributed by atoms with Gasteiger partial charge in [0.15, 0.2) is 0 Å². The number of ether oxygens (including phenoxy) is 1. The van der Waals surface area contributed by atoms with E-state index >= 15 is 0 Å². The molecule has 1 aliphatic heterocycles. The van der Waals surface area contributed by atoms with Crippen molar-refractivity contribution in [1.82, 2.24) is 5.32 Å². The second-order valence-electron chi connectivity index (χ2n) is 4.47. The summed E-state index contributed by atoms with van der Waals surface area (Å²) in [5.41, 5.74) is 0.555. The standard InChI is InChI=1S/C13H15BrClNO2/c1-8(12-3-2-4-18-12)16-13(17)9-5-10(14)7-11(15)6-9/h5-8,12H,2-4H2,1H3,(H,16,17). The van der Waals surface area contributed by atoms with Crippen molar-refractivity contribution in [3.8, 4) is 0 Å². The fourth-order valence-electron chi connectivity index (χ4n) is 2.06. The van der Waals surface area contributed by atoms with Crippen LogP contribution in [0.4, 0.5) is 0 Å². The van der Waals surface area contributed by atoms with Crippen LogP contribution in [0.15, 0.2) is 22.7 Å². The third kappa shape index (κ3) is 3.46. The Kier molecular flexibility index (Phi) is 4.65. The Bertz CT molecular complexity index is 426. The second kappa shape index (κ2) is 6.04. The summed E-state index contributed by atoms with van der Waals surface area (Å²) in [4.78, 5) is 12.1. The molecule has 2 atom stereocenters. The van der Waals surface area contributed by atoms with Crippen LogP contribution in [0.2, 0.25) is 5.02 Å². The molecule has 0 bridgehead atoms. The van der Waals surface area contributed by atoms with Crippen LogP contribution < -0.4 is 5.32 Å². The first-order valence-electron chi connectivity index (χ1n) is 5.95. The highest BCUT2D eigenvalue weighted by molar-refractivity contribution is 9.10. The molecule has 1 amide bonds. The highest BCUT2D eigenvalue weighted by atomic mass is 79.9. The summed E-state index contributed by atoms with van der Waals surface area (Å²) in [6.07, 6.45) is 2.19. The first kappa shape index (κ1) is 13.8. The zero-order valence-electron chi connectivity index (χ0n) is 10.1. The SMILES string of the molecule is CC(NC(=O)c1cc(Cl)cc(Br)c1)C1CCCO1. The molecule has 0 radical (unpaired) electrons. The van der Waals surface area contributed by atoms with E-state index in [1.54, 1.807) is 18.2 Å². The van der Waals surface area contributed by atoms with Crippen LogP contribution in [-0.4, -0.2) is 24.7 Å². The molecule has 98 valence electrons. The van der Waals surface area contributed by atoms with E-state index in [4.69, 9.17) is 16.3 Å². The van der Waals surface area contributed by atoms with Gasteiger partial charge in [0.25, 0.3) is 5.91 Å². The average Bonchev–Trinajstić information content (AvgIpc) is 2.80. The summed E-state index contributed by atoms with van der Waals surface area (Å²) in [5.74, 6) is -0.124. The van der Waals surface area contributed by atoms with Crippen molar-refractivity contribution in [3.05, 3.63) is 33.3 Å². The minimum absolute atomic E-state index is 0.0118. The van der Waals surface area contributed by atoms with Crippen LogP contribution in [-0.2, 0) is 4.74 Å². The zero-order chi connectivity index (χ0) is 13.1. The third-order valence-electron chi connectivity index (χ3n) is 3.01. The van der Waals surface area contributed by atoms with Crippen molar-refractivity contribution in [2.24, 2.45) is 0 Å². The Labute approximate surface area is 120 Å². The van der Waals surface area contributed by atoms with Gasteiger partial charge in [-0.3, -0.25) is 4.79 Å². The Morgan fingerprint density at radius 3 is 2.94 bits per heavy atom. The van der Waals surface area contributed by atoms with Gasteiger partial charge in [-0.25, -0.2) is 0 Å². The predicted octanol–water partition coefficient (Wildman–Crippen LogP) is 3.40. The normalized spacial score (nSPS) is 20.7. The molecule has 2 rings (SSSR count). The van der Waals surface area contributed by atoms with Gasteiger partial charge in [-0.2, -0.15) is 0 Å². The molecule has 1 fully saturated rings. The lowest BCUT2D eigenvalue weighted by atomic mass is 10.1. The Balaban J connectivity index is 2.02. The molecule has 1 heterocycles. The minimum atomic E-state index is -0.124. The first-order chi connectivity index (χ1) is 8.56. The lowest BCUT2D eigenvalue weighted by molar-refractivity contribution is 0.0712. The number of carbonyl (C=O) groups is 1. The monoisotopic (exact) mass is 331 g/mol. The van der Waals surface area contributed by atoms with Gasteiger partial charge in [-0.1, -0.05) is 27.5 Å². The summed E-state index contributed by atoms with van der Waals surface area (Å²) in [7, 11) is 0. The van der Waals surface area contributed by atoms with E-state index in [-0.39, 0.29) is 18.1 Å². The van der Waals surface area contributed by atoms with Crippen molar-refractivity contribution < 1.29 is 9.53 Å². The maximum atomic E-state index is 12.1. The van der Waals surface area contributed by atoms with Crippen LogP contribution >= 0.6 is 27.5 Å². The molecule has 1 aliphatic rings. The number of halogens is 2. The van der Waals surface area contributed by atoms with E-state index < -0.39 is 0 Å². The maximum absolute atomic E-state index is 12.1. The van der Waals surface area contributed by atoms with Gasteiger partial charge in [-0.05, 0) is 38.0 Å². The van der Waals surface area contributed by atoms with Crippen LogP contribution in [0.25, 0.3) is 0 Å². The van der Waals surface area contributed by atoms with E-state index in [2.05, 4.69) is 21.2 Å². The topological polar surface area (TPSA) is 38.3 Å². The fourth-order valence-corrected chi connectivity index (χ4v) is 2.93. The Morgan fingerprint density at radius 1 is 1.56 bits per heavy atom. The average molecular weight is 333 g/mol. The predicted molar refractivity (Wildman–Crippen MR) is 75.1 cm³/mol. The third-order valence-corrected chi connectivity index (χ3v) is 3.68. The molecule has 0 aromatic heterocycles. The van der Waals surface area contributed by atoms with Gasteiger partial charge < -0.3 is 10.1 Å². The minimum Gasteiger partial charge on any atom is -0.376 e. The number of benzene rings is 1. The lowest BCUT2D eigenvalue weighted by Gasteiger charge is -2.20. The summed E-state index contributed by atoms with van der Waals surface area (Å²) in [6.45, 7) is 2.75. The molecule has 1 aromatic carbocycles. The molecule has 5 heteroatoms. The molecule has 0 saturated carbocycles. The van der Waals surface area contributed by atoms with Gasteiger partial charge in [0.2, 0.25) is 0 Å². The molecule has 3 nitrogen and oxygen atoms in total. The van der Waals surface area contributed by atoms with Crippen molar-refractivity contribution in [2.45, 2.75) is 31.9 Å². The number of hydrogen-bond donors (Lipinski definition) is 1. The largest absolute Gasteiger partial charge is 0.376 e. The Morgan fingerprint density at radius 2 is 2.33 bits per heavy atom. The fraction of sp³-hybridized carbons (Fsp3) is 0.462. The number of carbonyl (C=O) groups excluding carboxylic acids is 1. The molecule has 18 heavy (non-hydrogen) atoms. The summed E-state index contributed by atoms with van der Waals surface area (Å²) in [5, 5.41) is 3.49. The van der Waals surface area contributed by atoms with E-state index in [1.165, 1.54) is 0 Å². The van der Waals surface area contributed by atoms with Gasteiger partial charge in [0.1, 0.15) is 0 Å². The number of rotatable bonds is 3. The molecule has 0 aliphatic carbocycles. The smallest absolute Gasteiger partial charge is 0.251 e. The number of nitrogens with one attached hydrogen (secondary N) is 1. The number of hydrogen-bond acceptors (Lipinski definition) is 2. The molecule has 1 aromatic rings.